The zero-order valence-corrected chi connectivity index (χ0v) is 18.0. The summed E-state index contributed by atoms with van der Waals surface area (Å²) in [5, 5.41) is 5.23. The second kappa shape index (κ2) is 9.95. The number of thioether (sulfide) groups is 1. The van der Waals surface area contributed by atoms with Crippen LogP contribution < -0.4 is 5.32 Å². The number of thiocarbonyl (C=S) groups is 1. The third kappa shape index (κ3) is 5.73. The molecule has 1 saturated heterocycles. The molecule has 0 atom stereocenters. The van der Waals surface area contributed by atoms with Gasteiger partial charge in [0.05, 0.1) is 4.91 Å². The molecule has 3 rings (SSSR count). The second-order valence-electron chi connectivity index (χ2n) is 6.44. The van der Waals surface area contributed by atoms with Crippen molar-refractivity contribution in [2.75, 3.05) is 11.9 Å². The number of aromatic nitrogens is 1. The van der Waals surface area contributed by atoms with Crippen LogP contribution in [0.4, 0.5) is 5.13 Å². The fourth-order valence-corrected chi connectivity index (χ4v) is 4.56. The van der Waals surface area contributed by atoms with Crippen molar-refractivity contribution in [1.29, 1.82) is 0 Å². The number of carbonyl (C=O) groups excluding carboxylic acids is 2. The number of aryl methyl sites for hydroxylation is 1. The maximum atomic E-state index is 12.6. The van der Waals surface area contributed by atoms with E-state index in [1.54, 1.807) is 11.1 Å². The number of amides is 2. The molecule has 2 heterocycles. The molecular weight excluding hydrogens is 410 g/mol. The topological polar surface area (TPSA) is 62.3 Å². The Hall–Kier alpha value is -2.03. The normalized spacial score (nSPS) is 15.5. The van der Waals surface area contributed by atoms with Crippen LogP contribution >= 0.6 is 35.3 Å². The Morgan fingerprint density at radius 1 is 1.25 bits per heavy atom. The molecule has 0 radical (unpaired) electrons. The van der Waals surface area contributed by atoms with E-state index in [1.165, 1.54) is 28.7 Å². The average molecular weight is 432 g/mol. The molecule has 146 valence electrons. The number of unbranched alkanes of at least 4 members (excludes halogenated alkanes) is 2. The van der Waals surface area contributed by atoms with Crippen LogP contribution in [0.3, 0.4) is 0 Å². The Balaban J connectivity index is 1.42. The minimum absolute atomic E-state index is 0.0263. The number of hydrogen-bond donors (Lipinski definition) is 1. The van der Waals surface area contributed by atoms with Gasteiger partial charge < -0.3 is 5.32 Å². The van der Waals surface area contributed by atoms with E-state index in [4.69, 9.17) is 12.2 Å². The van der Waals surface area contributed by atoms with Gasteiger partial charge in [-0.15, -0.1) is 11.3 Å². The summed E-state index contributed by atoms with van der Waals surface area (Å²) in [5.74, 6) is -0.0568. The molecule has 0 saturated carbocycles. The minimum Gasteiger partial charge on any atom is -0.302 e. The zero-order valence-electron chi connectivity index (χ0n) is 15.5. The maximum Gasteiger partial charge on any atom is 0.266 e. The fourth-order valence-electron chi connectivity index (χ4n) is 2.71. The SMILES string of the molecule is Cc1ccc(/C=C2\SC(=S)N(CCCCCC(=O)Nc3nccs3)C2=O)cc1. The van der Waals surface area contributed by atoms with Crippen LogP contribution in [0.25, 0.3) is 6.08 Å². The van der Waals surface area contributed by atoms with Crippen LogP contribution in [0.5, 0.6) is 0 Å². The van der Waals surface area contributed by atoms with E-state index in [2.05, 4.69) is 10.3 Å². The highest BCUT2D eigenvalue weighted by Gasteiger charge is 2.31. The number of thiazole rings is 1. The van der Waals surface area contributed by atoms with E-state index < -0.39 is 0 Å². The first kappa shape index (κ1) is 20.7. The Kier molecular flexibility index (Phi) is 7.36. The third-order valence-corrected chi connectivity index (χ3v) is 6.28. The quantitative estimate of drug-likeness (QED) is 0.368. The van der Waals surface area contributed by atoms with Crippen molar-refractivity contribution in [3.63, 3.8) is 0 Å². The van der Waals surface area contributed by atoms with Gasteiger partial charge in [-0.3, -0.25) is 14.5 Å². The summed E-state index contributed by atoms with van der Waals surface area (Å²) < 4.78 is 0.602. The van der Waals surface area contributed by atoms with Gasteiger partial charge >= 0.3 is 0 Å². The molecule has 2 aromatic rings. The number of rotatable bonds is 8. The molecule has 1 aromatic heterocycles. The number of hydrogen-bond acceptors (Lipinski definition) is 6. The Morgan fingerprint density at radius 2 is 2.04 bits per heavy atom. The summed E-state index contributed by atoms with van der Waals surface area (Å²) in [6.07, 6.45) is 6.45. The molecule has 0 bridgehead atoms. The van der Waals surface area contributed by atoms with Gasteiger partial charge in [-0.25, -0.2) is 4.98 Å². The lowest BCUT2D eigenvalue weighted by atomic mass is 10.1. The Labute approximate surface area is 178 Å². The van der Waals surface area contributed by atoms with Gasteiger partial charge in [-0.05, 0) is 31.4 Å². The molecule has 5 nitrogen and oxygen atoms in total. The van der Waals surface area contributed by atoms with Crippen molar-refractivity contribution < 1.29 is 9.59 Å². The van der Waals surface area contributed by atoms with Crippen LogP contribution in [-0.4, -0.2) is 32.6 Å². The molecule has 8 heteroatoms. The number of nitrogens with one attached hydrogen (secondary N) is 1. The maximum absolute atomic E-state index is 12.6. The molecule has 1 aromatic carbocycles. The van der Waals surface area contributed by atoms with Crippen molar-refractivity contribution in [1.82, 2.24) is 9.88 Å². The second-order valence-corrected chi connectivity index (χ2v) is 9.01. The van der Waals surface area contributed by atoms with Gasteiger partial charge in [0.1, 0.15) is 4.32 Å². The lowest BCUT2D eigenvalue weighted by Crippen LogP contribution is -2.29. The van der Waals surface area contributed by atoms with Crippen molar-refractivity contribution in [2.45, 2.75) is 32.6 Å². The van der Waals surface area contributed by atoms with E-state index in [9.17, 15) is 9.59 Å². The van der Waals surface area contributed by atoms with Crippen molar-refractivity contribution in [3.05, 3.63) is 51.9 Å². The van der Waals surface area contributed by atoms with Crippen LogP contribution in [0.15, 0.2) is 40.7 Å². The van der Waals surface area contributed by atoms with Gasteiger partial charge in [0.25, 0.3) is 5.91 Å². The molecule has 1 aliphatic heterocycles. The van der Waals surface area contributed by atoms with Gasteiger partial charge in [0.15, 0.2) is 5.13 Å². The van der Waals surface area contributed by atoms with Crippen LogP contribution in [0.2, 0.25) is 0 Å². The lowest BCUT2D eigenvalue weighted by Gasteiger charge is -2.14. The number of carbonyl (C=O) groups is 2. The third-order valence-electron chi connectivity index (χ3n) is 4.21. The van der Waals surface area contributed by atoms with E-state index in [0.29, 0.717) is 27.3 Å². The van der Waals surface area contributed by atoms with Crippen LogP contribution in [-0.2, 0) is 9.59 Å². The summed E-state index contributed by atoms with van der Waals surface area (Å²) in [5.41, 5.74) is 2.18. The molecular formula is C20H21N3O2S3. The van der Waals surface area contributed by atoms with E-state index >= 15 is 0 Å². The molecule has 2 amide bonds. The highest BCUT2D eigenvalue weighted by atomic mass is 32.2. The first-order chi connectivity index (χ1) is 13.5. The van der Waals surface area contributed by atoms with Gasteiger partial charge in [-0.1, -0.05) is 60.2 Å². The molecule has 1 N–H and O–H groups in total. The summed E-state index contributed by atoms with van der Waals surface area (Å²) >= 11 is 8.13. The molecule has 0 spiro atoms. The zero-order chi connectivity index (χ0) is 19.9. The monoisotopic (exact) mass is 431 g/mol. The first-order valence-electron chi connectivity index (χ1n) is 9.04. The number of anilines is 1. The summed E-state index contributed by atoms with van der Waals surface area (Å²) in [6, 6.07) is 8.05. The smallest absolute Gasteiger partial charge is 0.266 e. The number of nitrogens with zero attached hydrogens (tertiary/aromatic N) is 2. The predicted octanol–water partition coefficient (Wildman–Crippen LogP) is 4.85. The molecule has 28 heavy (non-hydrogen) atoms. The Morgan fingerprint density at radius 3 is 2.75 bits per heavy atom. The summed E-state index contributed by atoms with van der Waals surface area (Å²) in [6.45, 7) is 2.62. The standard InChI is InChI=1S/C20H21N3O2S3/c1-14-6-8-15(9-7-14)13-16-18(25)23(20(26)28-16)11-4-2-3-5-17(24)22-19-21-10-12-27-19/h6-10,12-13H,2-5,11H2,1H3,(H,21,22,24)/b16-13-. The van der Waals surface area contributed by atoms with Gasteiger partial charge in [-0.2, -0.15) is 0 Å². The average Bonchev–Trinajstić information content (AvgIpc) is 3.26. The molecule has 0 unspecified atom stereocenters. The highest BCUT2D eigenvalue weighted by Crippen LogP contribution is 2.32. The summed E-state index contributed by atoms with van der Waals surface area (Å²) in [7, 11) is 0. The Bertz CT molecular complexity index is 877. The lowest BCUT2D eigenvalue weighted by molar-refractivity contribution is -0.122. The van der Waals surface area contributed by atoms with Gasteiger partial charge in [0, 0.05) is 24.5 Å². The number of benzene rings is 1. The molecule has 1 aliphatic rings. The van der Waals surface area contributed by atoms with Crippen LogP contribution in [0.1, 0.15) is 36.8 Å². The van der Waals surface area contributed by atoms with E-state index in [1.807, 2.05) is 42.6 Å². The van der Waals surface area contributed by atoms with Crippen molar-refractivity contribution in [3.8, 4) is 0 Å². The van der Waals surface area contributed by atoms with E-state index in [-0.39, 0.29) is 11.8 Å². The highest BCUT2D eigenvalue weighted by molar-refractivity contribution is 8.26. The van der Waals surface area contributed by atoms with Crippen LogP contribution in [0, 0.1) is 6.92 Å². The first-order valence-corrected chi connectivity index (χ1v) is 11.1. The fraction of sp³-hybridized carbons (Fsp3) is 0.300. The van der Waals surface area contributed by atoms with Crippen molar-refractivity contribution in [2.24, 2.45) is 0 Å². The predicted molar refractivity (Wildman–Crippen MR) is 120 cm³/mol. The molecule has 1 fully saturated rings. The molecule has 0 aliphatic carbocycles. The van der Waals surface area contributed by atoms with Crippen molar-refractivity contribution >= 4 is 62.7 Å². The van der Waals surface area contributed by atoms with E-state index in [0.717, 1.165) is 24.8 Å². The van der Waals surface area contributed by atoms with Gasteiger partial charge in [0.2, 0.25) is 5.91 Å². The largest absolute Gasteiger partial charge is 0.302 e. The summed E-state index contributed by atoms with van der Waals surface area (Å²) in [4.78, 5) is 30.8. The minimum atomic E-state index is -0.0305.